The average Bonchev–Trinajstić information content (AvgIpc) is 3.04. The number of thiophene rings is 1. The summed E-state index contributed by atoms with van der Waals surface area (Å²) in [7, 11) is 3.14. The van der Waals surface area contributed by atoms with E-state index in [0.29, 0.717) is 22.1 Å². The highest BCUT2D eigenvalue weighted by Gasteiger charge is 2.24. The molecular formula is C20H22N2O4S. The van der Waals surface area contributed by atoms with E-state index in [9.17, 15) is 9.59 Å². The van der Waals surface area contributed by atoms with Crippen LogP contribution in [0.1, 0.15) is 39.2 Å². The van der Waals surface area contributed by atoms with E-state index in [2.05, 4.69) is 5.32 Å². The number of methoxy groups -OCH3 is 2. The Morgan fingerprint density at radius 1 is 1.19 bits per heavy atom. The minimum absolute atomic E-state index is 0.325. The van der Waals surface area contributed by atoms with Gasteiger partial charge in [-0.3, -0.25) is 9.59 Å². The molecule has 0 atom stereocenters. The van der Waals surface area contributed by atoms with Gasteiger partial charge in [0.25, 0.3) is 5.91 Å². The first kappa shape index (κ1) is 19.0. The number of aryl methyl sites for hydroxylation is 1. The molecule has 0 bridgehead atoms. The van der Waals surface area contributed by atoms with Crippen LogP contribution in [0.15, 0.2) is 24.3 Å². The molecule has 3 N–H and O–H groups in total. The van der Waals surface area contributed by atoms with Gasteiger partial charge in [-0.2, -0.15) is 0 Å². The van der Waals surface area contributed by atoms with Crippen LogP contribution in [0.5, 0.6) is 11.5 Å². The first-order valence-electron chi connectivity index (χ1n) is 8.69. The number of hydrogen-bond donors (Lipinski definition) is 2. The van der Waals surface area contributed by atoms with Gasteiger partial charge in [-0.25, -0.2) is 0 Å². The van der Waals surface area contributed by atoms with Crippen molar-refractivity contribution in [3.8, 4) is 11.5 Å². The Hall–Kier alpha value is -2.80. The molecule has 0 unspecified atom stereocenters. The molecule has 1 aromatic heterocycles. The van der Waals surface area contributed by atoms with Crippen LogP contribution in [-0.4, -0.2) is 26.0 Å². The second kappa shape index (κ2) is 8.26. The predicted molar refractivity (Wildman–Crippen MR) is 107 cm³/mol. The average molecular weight is 386 g/mol. The minimum atomic E-state index is -0.495. The summed E-state index contributed by atoms with van der Waals surface area (Å²) in [4.78, 5) is 25.4. The third kappa shape index (κ3) is 4.14. The number of nitrogens with two attached hydrogens (primary N) is 1. The molecule has 7 heteroatoms. The van der Waals surface area contributed by atoms with Crippen molar-refractivity contribution in [2.45, 2.75) is 25.7 Å². The van der Waals surface area contributed by atoms with E-state index in [1.54, 1.807) is 38.5 Å². The van der Waals surface area contributed by atoms with Gasteiger partial charge in [0.1, 0.15) is 16.5 Å². The molecule has 1 aliphatic carbocycles. The fourth-order valence-corrected chi connectivity index (χ4v) is 4.49. The van der Waals surface area contributed by atoms with E-state index >= 15 is 0 Å². The monoisotopic (exact) mass is 386 g/mol. The maximum Gasteiger partial charge on any atom is 0.251 e. The van der Waals surface area contributed by atoms with Crippen molar-refractivity contribution < 1.29 is 19.1 Å². The van der Waals surface area contributed by atoms with Crippen molar-refractivity contribution >= 4 is 34.2 Å². The number of rotatable bonds is 6. The summed E-state index contributed by atoms with van der Waals surface area (Å²) in [6.07, 6.45) is 6.96. The molecule has 0 aliphatic heterocycles. The second-order valence-electron chi connectivity index (χ2n) is 6.21. The Balaban J connectivity index is 1.79. The van der Waals surface area contributed by atoms with E-state index in [1.807, 2.05) is 0 Å². The van der Waals surface area contributed by atoms with Gasteiger partial charge in [-0.15, -0.1) is 11.3 Å². The van der Waals surface area contributed by atoms with Crippen LogP contribution in [0.4, 0.5) is 5.00 Å². The van der Waals surface area contributed by atoms with Crippen molar-refractivity contribution in [2.24, 2.45) is 5.73 Å². The van der Waals surface area contributed by atoms with Gasteiger partial charge in [-0.05, 0) is 49.5 Å². The molecule has 0 saturated carbocycles. The fraction of sp³-hybridized carbons (Fsp3) is 0.300. The molecule has 2 amide bonds. The number of anilines is 1. The van der Waals surface area contributed by atoms with Crippen molar-refractivity contribution in [1.82, 2.24) is 0 Å². The number of benzene rings is 1. The van der Waals surface area contributed by atoms with Gasteiger partial charge >= 0.3 is 0 Å². The first-order valence-corrected chi connectivity index (χ1v) is 9.50. The zero-order valence-corrected chi connectivity index (χ0v) is 16.2. The number of amides is 2. The van der Waals surface area contributed by atoms with E-state index in [0.717, 1.165) is 41.7 Å². The van der Waals surface area contributed by atoms with E-state index < -0.39 is 5.91 Å². The van der Waals surface area contributed by atoms with Crippen LogP contribution in [0, 0.1) is 0 Å². The maximum atomic E-state index is 12.4. The summed E-state index contributed by atoms with van der Waals surface area (Å²) in [6.45, 7) is 0. The lowest BCUT2D eigenvalue weighted by Crippen LogP contribution is -2.17. The highest BCUT2D eigenvalue weighted by atomic mass is 32.1. The zero-order chi connectivity index (χ0) is 19.4. The quantitative estimate of drug-likeness (QED) is 0.745. The van der Waals surface area contributed by atoms with Crippen molar-refractivity contribution in [1.29, 1.82) is 0 Å². The number of carbonyl (C=O) groups excluding carboxylic acids is 2. The number of carbonyl (C=O) groups is 2. The third-order valence-electron chi connectivity index (χ3n) is 4.51. The van der Waals surface area contributed by atoms with Crippen LogP contribution < -0.4 is 20.5 Å². The molecule has 2 aromatic rings. The molecule has 1 aromatic carbocycles. The number of primary amides is 1. The Bertz CT molecular complexity index is 902. The Kier molecular flexibility index (Phi) is 5.81. The fourth-order valence-electron chi connectivity index (χ4n) is 3.19. The maximum absolute atomic E-state index is 12.4. The lowest BCUT2D eigenvalue weighted by atomic mass is 9.95. The molecule has 0 radical (unpaired) electrons. The van der Waals surface area contributed by atoms with Gasteiger partial charge in [0, 0.05) is 22.6 Å². The Morgan fingerprint density at radius 3 is 2.67 bits per heavy atom. The van der Waals surface area contributed by atoms with E-state index in [4.69, 9.17) is 15.2 Å². The minimum Gasteiger partial charge on any atom is -0.497 e. The summed E-state index contributed by atoms with van der Waals surface area (Å²) in [5.74, 6) is 0.450. The molecule has 1 aliphatic rings. The summed E-state index contributed by atoms with van der Waals surface area (Å²) >= 11 is 1.44. The van der Waals surface area contributed by atoms with Crippen molar-refractivity contribution in [3.05, 3.63) is 45.8 Å². The van der Waals surface area contributed by atoms with Gasteiger partial charge < -0.3 is 20.5 Å². The third-order valence-corrected chi connectivity index (χ3v) is 5.72. The SMILES string of the molecule is COc1ccc(/C=C/C(=O)Nc2sc3c(c2C(N)=O)CCCC3)c(OC)c1. The lowest BCUT2D eigenvalue weighted by molar-refractivity contribution is -0.111. The van der Waals surface area contributed by atoms with Crippen LogP contribution in [0.2, 0.25) is 0 Å². The van der Waals surface area contributed by atoms with Gasteiger partial charge in [0.2, 0.25) is 5.91 Å². The smallest absolute Gasteiger partial charge is 0.251 e. The van der Waals surface area contributed by atoms with Crippen LogP contribution in [0.25, 0.3) is 6.08 Å². The molecule has 142 valence electrons. The number of nitrogens with one attached hydrogen (secondary N) is 1. The van der Waals surface area contributed by atoms with Crippen LogP contribution in [0.3, 0.4) is 0 Å². The van der Waals surface area contributed by atoms with Gasteiger partial charge in [0.05, 0.1) is 19.8 Å². The molecule has 6 nitrogen and oxygen atoms in total. The summed E-state index contributed by atoms with van der Waals surface area (Å²) in [5, 5.41) is 3.34. The highest BCUT2D eigenvalue weighted by molar-refractivity contribution is 7.17. The summed E-state index contributed by atoms with van der Waals surface area (Å²) in [6, 6.07) is 5.34. The van der Waals surface area contributed by atoms with E-state index in [-0.39, 0.29) is 5.91 Å². The molecule has 0 fully saturated rings. The molecule has 3 rings (SSSR count). The van der Waals surface area contributed by atoms with Crippen LogP contribution in [-0.2, 0) is 17.6 Å². The lowest BCUT2D eigenvalue weighted by Gasteiger charge is -2.11. The Morgan fingerprint density at radius 2 is 1.96 bits per heavy atom. The number of fused-ring (bicyclic) bond motifs is 1. The molecule has 27 heavy (non-hydrogen) atoms. The highest BCUT2D eigenvalue weighted by Crippen LogP contribution is 2.38. The van der Waals surface area contributed by atoms with Crippen molar-refractivity contribution in [2.75, 3.05) is 19.5 Å². The summed E-state index contributed by atoms with van der Waals surface area (Å²) < 4.78 is 10.5. The largest absolute Gasteiger partial charge is 0.497 e. The first-order chi connectivity index (χ1) is 13.0. The Labute approximate surface area is 162 Å². The summed E-state index contributed by atoms with van der Waals surface area (Å²) in [5.41, 5.74) is 7.76. The zero-order valence-electron chi connectivity index (χ0n) is 15.3. The number of hydrogen-bond acceptors (Lipinski definition) is 5. The molecule has 0 saturated heterocycles. The topological polar surface area (TPSA) is 90.6 Å². The second-order valence-corrected chi connectivity index (χ2v) is 7.31. The van der Waals surface area contributed by atoms with Crippen molar-refractivity contribution in [3.63, 3.8) is 0 Å². The number of ether oxygens (including phenoxy) is 2. The molecular weight excluding hydrogens is 364 g/mol. The van der Waals surface area contributed by atoms with Crippen LogP contribution >= 0.6 is 11.3 Å². The predicted octanol–water partition coefficient (Wildman–Crippen LogP) is 3.39. The molecule has 0 spiro atoms. The van der Waals surface area contributed by atoms with Gasteiger partial charge in [-0.1, -0.05) is 0 Å². The van der Waals surface area contributed by atoms with Gasteiger partial charge in [0.15, 0.2) is 0 Å². The normalized spacial score (nSPS) is 13.3. The van der Waals surface area contributed by atoms with E-state index in [1.165, 1.54) is 17.4 Å². The standard InChI is InChI=1S/C20H22N2O4S/c1-25-13-9-7-12(15(11-13)26-2)8-10-17(23)22-20-18(19(21)24)14-5-3-4-6-16(14)27-20/h7-11H,3-6H2,1-2H3,(H2,21,24)(H,22,23)/b10-8+. The molecule has 1 heterocycles.